The van der Waals surface area contributed by atoms with Crippen LogP contribution >= 0.6 is 0 Å². The van der Waals surface area contributed by atoms with E-state index >= 15 is 0 Å². The van der Waals surface area contributed by atoms with Crippen molar-refractivity contribution in [2.24, 2.45) is 11.8 Å². The lowest BCUT2D eigenvalue weighted by Crippen LogP contribution is -2.49. The van der Waals surface area contributed by atoms with Gasteiger partial charge in [0.05, 0.1) is 84.3 Å². The van der Waals surface area contributed by atoms with E-state index in [9.17, 15) is 104 Å². The van der Waals surface area contributed by atoms with Crippen molar-refractivity contribution >= 4 is 64.2 Å². The van der Waals surface area contributed by atoms with Crippen LogP contribution in [0.2, 0.25) is 0 Å². The summed E-state index contributed by atoms with van der Waals surface area (Å²) in [7, 11) is 1.64. The number of fused-ring (bicyclic) bond motifs is 4. The Kier molecular flexibility index (Phi) is 29.2. The van der Waals surface area contributed by atoms with Crippen molar-refractivity contribution in [3.05, 3.63) is 232 Å². The number of halogens is 16. The first kappa shape index (κ1) is 99.5. The molecule has 13 aromatic rings. The molecule has 9 aromatic heterocycles. The SMILES string of the molecule is CCOC(=O)[C@@H]1CCCN(C(=O)c2cn3nc(-c4ccc(F)cc4)cc(C(F)(F)F)c3n2)[C@@H]1C.CCOC(=O)[C@H]1CCCN(C(=O)c2cn3nc(-c4ccc(F)cc4)cc(C(F)(F)F)c3n2)[C@@H]1C.CN(C(=O)OC(C)(C)C)C1CCN(C(=O)c2cn3nc(-c4ccc(F)cc4)cc(C(F)(F)F)c3n2)CC1.O=C(c1cn2nc(-c3ccc(F)cc3)cc(C(F)(F)F)c2n1)N1CCCCC1c1ccn[nH]1. The Hall–Kier alpha value is -14.5. The number of aromatic amines is 1. The highest BCUT2D eigenvalue weighted by molar-refractivity contribution is 5.96. The van der Waals surface area contributed by atoms with Crippen LogP contribution < -0.4 is 0 Å². The number of alkyl halides is 12. The molecule has 1 unspecified atom stereocenters. The molecule has 0 spiro atoms. The lowest BCUT2D eigenvalue weighted by Gasteiger charge is -2.37. The molecule has 1 N–H and O–H groups in total. The second-order valence-corrected chi connectivity index (χ2v) is 34.0. The maximum absolute atomic E-state index is 13.9. The molecule has 13 heterocycles. The summed E-state index contributed by atoms with van der Waals surface area (Å²) in [6.45, 7) is 14.3. The van der Waals surface area contributed by atoms with Crippen molar-refractivity contribution in [2.75, 3.05) is 53.0 Å². The van der Waals surface area contributed by atoms with E-state index in [4.69, 9.17) is 14.2 Å². The number of hydrogen-bond acceptors (Lipinski definition) is 19. The summed E-state index contributed by atoms with van der Waals surface area (Å²) in [6.07, 6.45) is -7.66. The minimum Gasteiger partial charge on any atom is -0.466 e. The quantitative estimate of drug-likeness (QED) is 0.0600. The third-order valence-corrected chi connectivity index (χ3v) is 23.7. The predicted octanol–water partition coefficient (Wildman–Crippen LogP) is 18.4. The van der Waals surface area contributed by atoms with Gasteiger partial charge in [-0.25, -0.2) is 60.4 Å². The summed E-state index contributed by atoms with van der Waals surface area (Å²) >= 11 is 0. The Morgan fingerprint density at radius 2 is 0.717 bits per heavy atom. The van der Waals surface area contributed by atoms with Gasteiger partial charge >= 0.3 is 42.7 Å². The Bertz CT molecular complexity index is 6440. The molecule has 0 saturated carbocycles. The lowest BCUT2D eigenvalue weighted by atomic mass is 9.90. The van der Waals surface area contributed by atoms with Crippen molar-refractivity contribution in [1.29, 1.82) is 0 Å². The molecular formula is C93H89F16N19O10. The molecule has 728 valence electrons. The third-order valence-electron chi connectivity index (χ3n) is 23.7. The van der Waals surface area contributed by atoms with Gasteiger partial charge < -0.3 is 38.7 Å². The van der Waals surface area contributed by atoms with Crippen molar-refractivity contribution in [1.82, 2.24) is 93.1 Å². The highest BCUT2D eigenvalue weighted by Crippen LogP contribution is 2.42. The molecule has 138 heavy (non-hydrogen) atoms. The number of benzene rings is 4. The maximum Gasteiger partial charge on any atom is 0.420 e. The number of nitrogens with zero attached hydrogens (tertiary/aromatic N) is 18. The molecule has 0 aliphatic carbocycles. The average molecular weight is 1940 g/mol. The van der Waals surface area contributed by atoms with E-state index in [1.165, 1.54) is 80.5 Å². The van der Waals surface area contributed by atoms with Gasteiger partial charge in [0.1, 0.15) is 73.9 Å². The van der Waals surface area contributed by atoms with Gasteiger partial charge in [0.15, 0.2) is 22.6 Å². The molecule has 4 aliphatic rings. The number of piperidine rings is 4. The average Bonchev–Trinajstić information content (AvgIpc) is 1.63. The Balaban J connectivity index is 0.000000147. The number of esters is 2. The number of nitrogens with one attached hydrogen (secondary N) is 1. The monoisotopic (exact) mass is 1940 g/mol. The number of imidazole rings is 4. The summed E-state index contributed by atoms with van der Waals surface area (Å²) in [4.78, 5) is 113. The number of ether oxygens (including phenoxy) is 3. The largest absolute Gasteiger partial charge is 0.466 e. The van der Waals surface area contributed by atoms with E-state index in [1.807, 2.05) is 0 Å². The second kappa shape index (κ2) is 40.5. The number of H-pyrrole nitrogens is 1. The topological polar surface area (TPSA) is 313 Å². The fourth-order valence-corrected chi connectivity index (χ4v) is 16.7. The minimum atomic E-state index is -4.77. The summed E-state index contributed by atoms with van der Waals surface area (Å²) in [5.74, 6) is -6.17. The smallest absolute Gasteiger partial charge is 0.420 e. The first-order chi connectivity index (χ1) is 65.2. The fourth-order valence-electron chi connectivity index (χ4n) is 16.7. The van der Waals surface area contributed by atoms with E-state index in [2.05, 4.69) is 50.5 Å². The van der Waals surface area contributed by atoms with Crippen LogP contribution in [0.1, 0.15) is 182 Å². The first-order valence-electron chi connectivity index (χ1n) is 43.7. The van der Waals surface area contributed by atoms with Gasteiger partial charge in [-0.2, -0.15) is 78.2 Å². The normalized spacial score (nSPS) is 17.4. The van der Waals surface area contributed by atoms with Crippen LogP contribution in [0, 0.1) is 35.1 Å². The van der Waals surface area contributed by atoms with E-state index in [1.54, 1.807) is 72.7 Å². The second-order valence-electron chi connectivity index (χ2n) is 34.0. The zero-order chi connectivity index (χ0) is 99.5. The van der Waals surface area contributed by atoms with Gasteiger partial charge in [-0.15, -0.1) is 0 Å². The molecule has 17 rings (SSSR count). The molecule has 4 saturated heterocycles. The lowest BCUT2D eigenvalue weighted by molar-refractivity contribution is -0.152. The van der Waals surface area contributed by atoms with Crippen LogP contribution in [-0.2, 0) is 48.5 Å². The highest BCUT2D eigenvalue weighted by atomic mass is 19.4. The number of aromatic nitrogens is 14. The molecule has 45 heteroatoms. The molecule has 29 nitrogen and oxygen atoms in total. The highest BCUT2D eigenvalue weighted by Gasteiger charge is 2.45. The van der Waals surface area contributed by atoms with Crippen molar-refractivity contribution in [3.8, 4) is 45.0 Å². The summed E-state index contributed by atoms with van der Waals surface area (Å²) in [5.41, 5.74) is -5.86. The number of rotatable bonds is 14. The van der Waals surface area contributed by atoms with Crippen LogP contribution in [0.4, 0.5) is 75.0 Å². The van der Waals surface area contributed by atoms with Crippen molar-refractivity contribution < 1.29 is 118 Å². The number of hydrogen-bond donors (Lipinski definition) is 1. The van der Waals surface area contributed by atoms with E-state index in [-0.39, 0.29) is 87.5 Å². The van der Waals surface area contributed by atoms with Crippen LogP contribution in [0.3, 0.4) is 0 Å². The van der Waals surface area contributed by atoms with Gasteiger partial charge in [0.2, 0.25) is 0 Å². The fraction of sp³-hybridized carbons (Fsp3) is 0.376. The molecule has 4 aromatic carbocycles. The van der Waals surface area contributed by atoms with Crippen LogP contribution in [0.15, 0.2) is 158 Å². The van der Waals surface area contributed by atoms with Gasteiger partial charge in [0.25, 0.3) is 23.6 Å². The number of carbonyl (C=O) groups excluding carboxylic acids is 7. The predicted molar refractivity (Wildman–Crippen MR) is 462 cm³/mol. The number of carbonyl (C=O) groups is 7. The molecule has 4 aliphatic heterocycles. The third kappa shape index (κ3) is 22.4. The molecule has 5 atom stereocenters. The van der Waals surface area contributed by atoms with Crippen LogP contribution in [0.25, 0.3) is 67.6 Å². The molecule has 0 bridgehead atoms. The van der Waals surface area contributed by atoms with Crippen molar-refractivity contribution in [2.45, 2.75) is 161 Å². The van der Waals surface area contributed by atoms with Crippen LogP contribution in [0.5, 0.6) is 0 Å². The molecule has 0 radical (unpaired) electrons. The Morgan fingerprint density at radius 3 is 1.01 bits per heavy atom. The zero-order valence-corrected chi connectivity index (χ0v) is 75.0. The van der Waals surface area contributed by atoms with Gasteiger partial charge in [-0.1, -0.05) is 0 Å². The zero-order valence-electron chi connectivity index (χ0n) is 75.0. The minimum absolute atomic E-state index is 0.0143. The maximum atomic E-state index is 13.9. The Morgan fingerprint density at radius 1 is 0.406 bits per heavy atom. The Labute approximate surface area is 775 Å². The summed E-state index contributed by atoms with van der Waals surface area (Å²) < 4.78 is 238. The molecule has 5 amide bonds. The van der Waals surface area contributed by atoms with Crippen LogP contribution in [-0.4, -0.2) is 211 Å². The van der Waals surface area contributed by atoms with Gasteiger partial charge in [0, 0.05) is 86.3 Å². The van der Waals surface area contributed by atoms with E-state index in [0.717, 1.165) is 122 Å². The number of likely N-dealkylation sites (tertiary alicyclic amines) is 4. The summed E-state index contributed by atoms with van der Waals surface area (Å²) in [6, 6.07) is 23.3. The van der Waals surface area contributed by atoms with Gasteiger partial charge in [-0.3, -0.25) is 33.9 Å². The van der Waals surface area contributed by atoms with E-state index < -0.39 is 164 Å². The van der Waals surface area contributed by atoms with E-state index in [0.29, 0.717) is 83.2 Å². The van der Waals surface area contributed by atoms with Gasteiger partial charge in [-0.05, 0) is 234 Å². The number of amides is 5. The molecule has 4 fully saturated rings. The molecular weight excluding hydrogens is 1850 g/mol. The summed E-state index contributed by atoms with van der Waals surface area (Å²) in [5, 5.41) is 23.5. The van der Waals surface area contributed by atoms with Crippen molar-refractivity contribution in [3.63, 3.8) is 0 Å². The first-order valence-corrected chi connectivity index (χ1v) is 43.7. The standard InChI is InChI=1S/C25H27F4N5O3.2C23H22F4N4O3.C22H18F4N6O/c1-24(2,3)37-23(36)32(4)17-9-11-33(12-10-17)22(35)20-14-34-21(30-20)18(25(27,28)29)13-19(31-34)15-5-7-16(26)8-6-15;2*1-3-34-22(33)16-5-4-10-30(13(16)2)21(32)19-12-31-20(28-19)17(23(25,26)27)11-18(29-31)14-6-8-15(24)9-7-14;23-14-6-4-13(5-7-14)17-11-15(22(24,25)26)20-28-18(12-32(20)30-17)21(33)31-10-2-1-3-19(31)16-8-9-27-29-16/h5-8,13-14,17H,9-12H2,1-4H3;2*6-9,11-13,16H,3-5,10H2,1-2H3;4-9,11-12,19H,1-3,10H2,(H,27,29)/t;13-,16+;13-,16-;/m.11./s1.